The number of benzene rings is 2. The molecule has 2 N–H and O–H groups in total. The number of aliphatic imine (C=N–C) groups is 1. The number of urea groups is 1. The third-order valence-corrected chi connectivity index (χ3v) is 9.08. The van der Waals surface area contributed by atoms with E-state index in [1.807, 2.05) is 48.2 Å². The highest BCUT2D eigenvalue weighted by Crippen LogP contribution is 2.38. The molecule has 0 aliphatic carbocycles. The van der Waals surface area contributed by atoms with Gasteiger partial charge in [-0.1, -0.05) is 55.8 Å². The fourth-order valence-electron chi connectivity index (χ4n) is 6.54. The fourth-order valence-corrected chi connectivity index (χ4v) is 7.00. The van der Waals surface area contributed by atoms with E-state index in [0.717, 1.165) is 55.7 Å². The van der Waals surface area contributed by atoms with Crippen LogP contribution in [0.3, 0.4) is 0 Å². The highest BCUT2D eigenvalue weighted by Gasteiger charge is 2.34. The average Bonchev–Trinajstić information content (AvgIpc) is 3.45. The molecule has 2 aromatic carbocycles. The lowest BCUT2D eigenvalue weighted by atomic mass is 9.77. The van der Waals surface area contributed by atoms with Gasteiger partial charge >= 0.3 is 6.03 Å². The Morgan fingerprint density at radius 3 is 2.57 bits per heavy atom. The minimum absolute atomic E-state index is 0.0893. The summed E-state index contributed by atoms with van der Waals surface area (Å²) in [5.74, 6) is 1.42. The summed E-state index contributed by atoms with van der Waals surface area (Å²) in [7, 11) is 0. The Labute approximate surface area is 265 Å². The van der Waals surface area contributed by atoms with E-state index < -0.39 is 0 Å². The zero-order valence-electron chi connectivity index (χ0n) is 26.2. The summed E-state index contributed by atoms with van der Waals surface area (Å²) in [5, 5.41) is 7.00. The number of anilines is 1. The molecule has 236 valence electrons. The van der Waals surface area contributed by atoms with Crippen LogP contribution in [0.2, 0.25) is 0 Å². The first kappa shape index (κ1) is 32.0. The Balaban J connectivity index is 1.12. The number of nitrogens with zero attached hydrogens (tertiary/aromatic N) is 3. The lowest BCUT2D eigenvalue weighted by molar-refractivity contribution is -0.115. The Morgan fingerprint density at radius 1 is 1.11 bits per heavy atom. The summed E-state index contributed by atoms with van der Waals surface area (Å²) in [6.45, 7) is 11.8. The van der Waals surface area contributed by atoms with Crippen LogP contribution in [0.4, 0.5) is 10.5 Å². The molecular formula is C34H44ClN5O4. The van der Waals surface area contributed by atoms with Gasteiger partial charge in [0.1, 0.15) is 5.17 Å². The van der Waals surface area contributed by atoms with Crippen molar-refractivity contribution in [2.75, 3.05) is 38.3 Å². The molecule has 10 heteroatoms. The molecule has 3 aliphatic rings. The van der Waals surface area contributed by atoms with Gasteiger partial charge in [0.05, 0.1) is 6.54 Å². The molecule has 3 aliphatic heterocycles. The normalized spacial score (nSPS) is 19.0. The van der Waals surface area contributed by atoms with Gasteiger partial charge in [-0.05, 0) is 57.4 Å². The number of allylic oxidation sites excluding steroid dienone is 1. The Bertz CT molecular complexity index is 1400. The van der Waals surface area contributed by atoms with E-state index in [4.69, 9.17) is 21.1 Å². The van der Waals surface area contributed by atoms with Crippen molar-refractivity contribution in [2.24, 2.45) is 10.4 Å². The smallest absolute Gasteiger partial charge is 0.322 e. The lowest BCUT2D eigenvalue weighted by Gasteiger charge is -2.41. The summed E-state index contributed by atoms with van der Waals surface area (Å²) in [5.41, 5.74) is 2.97. The molecule has 1 saturated heterocycles. The minimum atomic E-state index is -0.310. The van der Waals surface area contributed by atoms with E-state index in [1.54, 1.807) is 0 Å². The van der Waals surface area contributed by atoms with Gasteiger partial charge in [0.25, 0.3) is 0 Å². The number of fused-ring (bicyclic) bond motifs is 1. The number of hydrogen-bond acceptors (Lipinski definition) is 7. The third kappa shape index (κ3) is 7.81. The SMILES string of the molecule is CC1=C(C(=O)CNCCC(C)N2CCC(N(Cc3ccccc3)C(=O)Nc3ccc4c(c3)OCO4)CC2)C(C)(C)CC(Cl)=N1. The zero-order valence-corrected chi connectivity index (χ0v) is 27.0. The number of amides is 2. The van der Waals surface area contributed by atoms with Crippen molar-refractivity contribution in [3.63, 3.8) is 0 Å². The number of Topliss-reactive ketones (excluding diaryl/α,β-unsaturated/α-hetero) is 1. The van der Waals surface area contributed by atoms with Gasteiger partial charge in [0, 0.05) is 66.6 Å². The minimum Gasteiger partial charge on any atom is -0.454 e. The van der Waals surface area contributed by atoms with Crippen LogP contribution in [0.1, 0.15) is 58.9 Å². The van der Waals surface area contributed by atoms with Crippen LogP contribution in [0, 0.1) is 5.41 Å². The van der Waals surface area contributed by atoms with Gasteiger partial charge in [-0.15, -0.1) is 0 Å². The van der Waals surface area contributed by atoms with Gasteiger partial charge in [-0.2, -0.15) is 0 Å². The summed E-state index contributed by atoms with van der Waals surface area (Å²) in [4.78, 5) is 35.5. The van der Waals surface area contributed by atoms with Crippen LogP contribution in [-0.2, 0) is 11.3 Å². The van der Waals surface area contributed by atoms with E-state index >= 15 is 0 Å². The number of carbonyl (C=O) groups is 2. The van der Waals surface area contributed by atoms with E-state index in [1.165, 1.54) is 0 Å². The van der Waals surface area contributed by atoms with Crippen molar-refractivity contribution in [1.82, 2.24) is 15.1 Å². The van der Waals surface area contributed by atoms with Crippen molar-refractivity contribution in [1.29, 1.82) is 0 Å². The largest absolute Gasteiger partial charge is 0.454 e. The molecule has 2 amide bonds. The molecule has 9 nitrogen and oxygen atoms in total. The predicted molar refractivity (Wildman–Crippen MR) is 175 cm³/mol. The molecule has 44 heavy (non-hydrogen) atoms. The van der Waals surface area contributed by atoms with E-state index in [-0.39, 0.29) is 30.1 Å². The van der Waals surface area contributed by atoms with Crippen molar-refractivity contribution < 1.29 is 19.1 Å². The maximum atomic E-state index is 13.6. The molecule has 1 unspecified atom stereocenters. The molecule has 0 aromatic heterocycles. The topological polar surface area (TPSA) is 95.5 Å². The second-order valence-corrected chi connectivity index (χ2v) is 13.1. The van der Waals surface area contributed by atoms with E-state index in [0.29, 0.717) is 47.9 Å². The van der Waals surface area contributed by atoms with Gasteiger partial charge in [-0.25, -0.2) is 9.79 Å². The van der Waals surface area contributed by atoms with Crippen molar-refractivity contribution in [2.45, 2.75) is 72.0 Å². The van der Waals surface area contributed by atoms with Crippen LogP contribution in [0.15, 0.2) is 64.8 Å². The van der Waals surface area contributed by atoms with E-state index in [2.05, 4.69) is 53.4 Å². The number of likely N-dealkylation sites (tertiary alicyclic amines) is 1. The van der Waals surface area contributed by atoms with Crippen molar-refractivity contribution in [3.05, 3.63) is 65.4 Å². The molecule has 5 rings (SSSR count). The second kappa shape index (κ2) is 14.1. The van der Waals surface area contributed by atoms with Crippen LogP contribution < -0.4 is 20.1 Å². The number of nitrogens with one attached hydrogen (secondary N) is 2. The maximum Gasteiger partial charge on any atom is 0.322 e. The molecule has 0 radical (unpaired) electrons. The molecule has 0 spiro atoms. The first-order valence-electron chi connectivity index (χ1n) is 15.5. The number of piperidine rings is 1. The van der Waals surface area contributed by atoms with Crippen LogP contribution in [0.25, 0.3) is 0 Å². The Morgan fingerprint density at radius 2 is 1.84 bits per heavy atom. The third-order valence-electron chi connectivity index (χ3n) is 8.86. The standard InChI is InChI=1S/C34H44ClN5O4/c1-23(12-15-36-20-28(41)32-24(2)37-31(35)19-34(32,3)4)39-16-13-27(14-17-39)40(21-25-8-6-5-7-9-25)33(42)38-26-10-11-29-30(18-26)44-22-43-29/h5-11,18,23,27,36H,12-17,19-22H2,1-4H3,(H,38,42). The molecule has 3 heterocycles. The Kier molecular flexibility index (Phi) is 10.3. The summed E-state index contributed by atoms with van der Waals surface area (Å²) in [6.07, 6.45) is 3.30. The highest BCUT2D eigenvalue weighted by atomic mass is 35.5. The van der Waals surface area contributed by atoms with Gasteiger partial charge in [0.15, 0.2) is 17.3 Å². The maximum absolute atomic E-state index is 13.6. The molecular weight excluding hydrogens is 578 g/mol. The number of halogens is 1. The monoisotopic (exact) mass is 621 g/mol. The summed E-state index contributed by atoms with van der Waals surface area (Å²) in [6, 6.07) is 16.0. The lowest BCUT2D eigenvalue weighted by Crippen LogP contribution is -2.50. The molecule has 0 bridgehead atoms. The van der Waals surface area contributed by atoms with Crippen LogP contribution >= 0.6 is 11.6 Å². The van der Waals surface area contributed by atoms with Gasteiger partial charge in [-0.3, -0.25) is 4.79 Å². The number of hydrogen-bond donors (Lipinski definition) is 2. The van der Waals surface area contributed by atoms with Gasteiger partial charge < -0.3 is 29.9 Å². The van der Waals surface area contributed by atoms with Crippen LogP contribution in [0.5, 0.6) is 11.5 Å². The van der Waals surface area contributed by atoms with Crippen LogP contribution in [-0.4, -0.2) is 71.8 Å². The molecule has 1 fully saturated rings. The first-order chi connectivity index (χ1) is 21.1. The number of ether oxygens (including phenoxy) is 2. The average molecular weight is 622 g/mol. The molecule has 2 aromatic rings. The number of carbonyl (C=O) groups excluding carboxylic acids is 2. The Hall–Kier alpha value is -3.40. The van der Waals surface area contributed by atoms with Crippen molar-refractivity contribution in [3.8, 4) is 11.5 Å². The quantitative estimate of drug-likeness (QED) is 0.291. The number of ketones is 1. The molecule has 1 atom stereocenters. The summed E-state index contributed by atoms with van der Waals surface area (Å²) < 4.78 is 10.9. The second-order valence-electron chi connectivity index (χ2n) is 12.6. The summed E-state index contributed by atoms with van der Waals surface area (Å²) >= 11 is 6.18. The van der Waals surface area contributed by atoms with E-state index in [9.17, 15) is 9.59 Å². The van der Waals surface area contributed by atoms with Crippen molar-refractivity contribution >= 4 is 34.3 Å². The fraction of sp³-hybridized carbons (Fsp3) is 0.500. The highest BCUT2D eigenvalue weighted by molar-refractivity contribution is 6.65. The molecule has 0 saturated carbocycles. The zero-order chi connectivity index (χ0) is 31.3. The van der Waals surface area contributed by atoms with Gasteiger partial charge in [0.2, 0.25) is 6.79 Å². The number of rotatable bonds is 11. The predicted octanol–water partition coefficient (Wildman–Crippen LogP) is 6.19. The first-order valence-corrected chi connectivity index (χ1v) is 15.9.